The van der Waals surface area contributed by atoms with Crippen molar-refractivity contribution in [3.63, 3.8) is 0 Å². The lowest BCUT2D eigenvalue weighted by molar-refractivity contribution is -0.0167. The third-order valence-corrected chi connectivity index (χ3v) is 3.03. The highest BCUT2D eigenvalue weighted by atomic mass is 35.5. The number of rotatable bonds is 2. The Balaban J connectivity index is 0.00000162. The number of ether oxygens (including phenoxy) is 1. The molecular weight excluding hydrogens is 275 g/mol. The molecule has 0 spiro atoms. The maximum Gasteiger partial charge on any atom is 0.254 e. The molecule has 4 nitrogen and oxygen atoms in total. The highest BCUT2D eigenvalue weighted by Crippen LogP contribution is 2.13. The van der Waals surface area contributed by atoms with E-state index in [1.54, 1.807) is 29.2 Å². The number of carbonyl (C=O) groups excluding carboxylic acids is 1. The van der Waals surface area contributed by atoms with Crippen LogP contribution in [0.1, 0.15) is 10.4 Å². The summed E-state index contributed by atoms with van der Waals surface area (Å²) in [4.78, 5) is 13.9. The third-order valence-electron chi connectivity index (χ3n) is 2.78. The molecule has 0 saturated carbocycles. The molecule has 0 aromatic heterocycles. The lowest BCUT2D eigenvalue weighted by Gasteiger charge is -2.32. The van der Waals surface area contributed by atoms with E-state index in [4.69, 9.17) is 22.1 Å². The number of carbonyl (C=O) groups is 1. The minimum Gasteiger partial charge on any atom is -0.373 e. The van der Waals surface area contributed by atoms with Crippen molar-refractivity contribution in [3.05, 3.63) is 34.9 Å². The number of nitrogens with two attached hydrogens (primary N) is 1. The van der Waals surface area contributed by atoms with E-state index in [0.717, 1.165) is 0 Å². The zero-order chi connectivity index (χ0) is 12.3. The van der Waals surface area contributed by atoms with Crippen LogP contribution < -0.4 is 5.73 Å². The minimum atomic E-state index is -0.0556. The Hall–Kier alpha value is -0.810. The Labute approximate surface area is 117 Å². The maximum atomic E-state index is 12.2. The molecule has 0 aliphatic carbocycles. The van der Waals surface area contributed by atoms with Crippen LogP contribution in [0, 0.1) is 0 Å². The molecule has 1 heterocycles. The molecule has 1 unspecified atom stereocenters. The molecule has 2 N–H and O–H groups in total. The molecule has 1 atom stereocenters. The lowest BCUT2D eigenvalue weighted by atomic mass is 10.1. The highest BCUT2D eigenvalue weighted by molar-refractivity contribution is 6.30. The van der Waals surface area contributed by atoms with Crippen molar-refractivity contribution in [3.8, 4) is 0 Å². The van der Waals surface area contributed by atoms with Crippen molar-refractivity contribution >= 4 is 29.9 Å². The van der Waals surface area contributed by atoms with Crippen LogP contribution in [0.15, 0.2) is 24.3 Å². The van der Waals surface area contributed by atoms with Gasteiger partial charge in [-0.25, -0.2) is 0 Å². The zero-order valence-corrected chi connectivity index (χ0v) is 11.4. The molecule has 1 saturated heterocycles. The van der Waals surface area contributed by atoms with Crippen LogP contribution in [0.25, 0.3) is 0 Å². The van der Waals surface area contributed by atoms with Crippen molar-refractivity contribution in [1.29, 1.82) is 0 Å². The van der Waals surface area contributed by atoms with Gasteiger partial charge in [-0.1, -0.05) is 11.6 Å². The van der Waals surface area contributed by atoms with Gasteiger partial charge in [-0.15, -0.1) is 12.4 Å². The molecule has 100 valence electrons. The number of morpholine rings is 1. The van der Waals surface area contributed by atoms with E-state index in [1.165, 1.54) is 0 Å². The zero-order valence-electron chi connectivity index (χ0n) is 9.84. The Kier molecular flexibility index (Phi) is 5.88. The Morgan fingerprint density at radius 3 is 2.72 bits per heavy atom. The van der Waals surface area contributed by atoms with Crippen molar-refractivity contribution in [2.45, 2.75) is 6.10 Å². The molecule has 1 amide bonds. The van der Waals surface area contributed by atoms with Crippen molar-refractivity contribution < 1.29 is 9.53 Å². The molecule has 0 radical (unpaired) electrons. The molecule has 1 fully saturated rings. The van der Waals surface area contributed by atoms with Crippen LogP contribution >= 0.6 is 24.0 Å². The van der Waals surface area contributed by atoms with Crippen molar-refractivity contribution in [1.82, 2.24) is 4.90 Å². The summed E-state index contributed by atoms with van der Waals surface area (Å²) in [7, 11) is 0. The van der Waals surface area contributed by atoms with Crippen LogP contribution in [0.5, 0.6) is 0 Å². The fraction of sp³-hybridized carbons (Fsp3) is 0.417. The first kappa shape index (κ1) is 15.2. The second kappa shape index (κ2) is 6.95. The average Bonchev–Trinajstić information content (AvgIpc) is 2.39. The molecule has 18 heavy (non-hydrogen) atoms. The van der Waals surface area contributed by atoms with E-state index in [1.807, 2.05) is 0 Å². The summed E-state index contributed by atoms with van der Waals surface area (Å²) in [5.74, 6) is 0.00316. The van der Waals surface area contributed by atoms with Crippen LogP contribution in [0.2, 0.25) is 5.02 Å². The summed E-state index contributed by atoms with van der Waals surface area (Å²) >= 11 is 5.79. The summed E-state index contributed by atoms with van der Waals surface area (Å²) in [6.07, 6.45) is -0.0556. The second-order valence-electron chi connectivity index (χ2n) is 3.99. The van der Waals surface area contributed by atoms with Gasteiger partial charge in [0.05, 0.1) is 12.7 Å². The summed E-state index contributed by atoms with van der Waals surface area (Å²) in [6, 6.07) is 6.90. The van der Waals surface area contributed by atoms with Gasteiger partial charge in [0.15, 0.2) is 0 Å². The molecule has 2 rings (SSSR count). The predicted octanol–water partition coefficient (Wildman–Crippen LogP) is 1.56. The summed E-state index contributed by atoms with van der Waals surface area (Å²) < 4.78 is 5.42. The molecular formula is C12H16Cl2N2O2. The lowest BCUT2D eigenvalue weighted by Crippen LogP contribution is -2.48. The molecule has 6 heteroatoms. The fourth-order valence-corrected chi connectivity index (χ4v) is 1.95. The number of hydrogen-bond donors (Lipinski definition) is 1. The van der Waals surface area contributed by atoms with E-state index in [9.17, 15) is 4.79 Å². The van der Waals surface area contributed by atoms with Gasteiger partial charge in [0.25, 0.3) is 5.91 Å². The largest absolute Gasteiger partial charge is 0.373 e. The van der Waals surface area contributed by atoms with Gasteiger partial charge in [0.1, 0.15) is 0 Å². The summed E-state index contributed by atoms with van der Waals surface area (Å²) in [5.41, 5.74) is 6.19. The van der Waals surface area contributed by atoms with E-state index in [-0.39, 0.29) is 24.4 Å². The fourth-order valence-electron chi connectivity index (χ4n) is 1.82. The van der Waals surface area contributed by atoms with Crippen LogP contribution in [0.4, 0.5) is 0 Å². The third kappa shape index (κ3) is 3.59. The van der Waals surface area contributed by atoms with E-state index in [0.29, 0.717) is 36.8 Å². The van der Waals surface area contributed by atoms with Gasteiger partial charge in [-0.2, -0.15) is 0 Å². The Morgan fingerprint density at radius 2 is 2.11 bits per heavy atom. The van der Waals surface area contributed by atoms with E-state index >= 15 is 0 Å². The number of benzene rings is 1. The first-order chi connectivity index (χ1) is 8.20. The van der Waals surface area contributed by atoms with Crippen LogP contribution in [0.3, 0.4) is 0 Å². The quantitative estimate of drug-likeness (QED) is 0.899. The molecule has 1 aliphatic rings. The van der Waals surface area contributed by atoms with Gasteiger partial charge in [-0.3, -0.25) is 4.79 Å². The maximum absolute atomic E-state index is 12.2. The van der Waals surface area contributed by atoms with E-state index in [2.05, 4.69) is 0 Å². The number of halogens is 2. The molecule has 1 aromatic carbocycles. The number of nitrogens with zero attached hydrogens (tertiary/aromatic N) is 1. The van der Waals surface area contributed by atoms with E-state index < -0.39 is 0 Å². The summed E-state index contributed by atoms with van der Waals surface area (Å²) in [5, 5.41) is 0.628. The standard InChI is InChI=1S/C12H15ClN2O2.ClH/c13-10-3-1-9(2-4-10)12(16)15-5-6-17-11(7-14)8-15;/h1-4,11H,5-8,14H2;1H. The number of amides is 1. The molecule has 0 bridgehead atoms. The van der Waals surface area contributed by atoms with Gasteiger partial charge >= 0.3 is 0 Å². The second-order valence-corrected chi connectivity index (χ2v) is 4.42. The van der Waals surface area contributed by atoms with Crippen LogP contribution in [-0.2, 0) is 4.74 Å². The Bertz CT molecular complexity index is 398. The topological polar surface area (TPSA) is 55.6 Å². The summed E-state index contributed by atoms with van der Waals surface area (Å²) in [6.45, 7) is 2.14. The smallest absolute Gasteiger partial charge is 0.254 e. The SMILES string of the molecule is Cl.NCC1CN(C(=O)c2ccc(Cl)cc2)CCO1. The van der Waals surface area contributed by atoms with Gasteiger partial charge in [0, 0.05) is 30.2 Å². The number of hydrogen-bond acceptors (Lipinski definition) is 3. The highest BCUT2D eigenvalue weighted by Gasteiger charge is 2.23. The van der Waals surface area contributed by atoms with Gasteiger partial charge in [0.2, 0.25) is 0 Å². The van der Waals surface area contributed by atoms with Gasteiger partial charge < -0.3 is 15.4 Å². The first-order valence-electron chi connectivity index (χ1n) is 5.57. The van der Waals surface area contributed by atoms with Crippen molar-refractivity contribution in [2.24, 2.45) is 5.73 Å². The average molecular weight is 291 g/mol. The van der Waals surface area contributed by atoms with Gasteiger partial charge in [-0.05, 0) is 24.3 Å². The first-order valence-corrected chi connectivity index (χ1v) is 5.95. The normalized spacial score (nSPS) is 19.2. The molecule has 1 aliphatic heterocycles. The van der Waals surface area contributed by atoms with Crippen LogP contribution in [-0.4, -0.2) is 43.2 Å². The van der Waals surface area contributed by atoms with Crippen molar-refractivity contribution in [2.75, 3.05) is 26.2 Å². The monoisotopic (exact) mass is 290 g/mol. The predicted molar refractivity (Wildman–Crippen MR) is 73.4 cm³/mol. The Morgan fingerprint density at radius 1 is 1.44 bits per heavy atom. The molecule has 1 aromatic rings. The minimum absolute atomic E-state index is 0.